The minimum absolute atomic E-state index is 0.283. The van der Waals surface area contributed by atoms with Gasteiger partial charge in [0.15, 0.2) is 0 Å². The van der Waals surface area contributed by atoms with Crippen molar-refractivity contribution in [1.82, 2.24) is 9.80 Å². The first kappa shape index (κ1) is 13.1. The van der Waals surface area contributed by atoms with Gasteiger partial charge in [0.1, 0.15) is 0 Å². The Balaban J connectivity index is 1.55. The minimum atomic E-state index is 0.283. The quantitative estimate of drug-likeness (QED) is 0.883. The third-order valence-corrected chi connectivity index (χ3v) is 4.45. The van der Waals surface area contributed by atoms with Crippen molar-refractivity contribution in [3.05, 3.63) is 34.9 Å². The molecular formula is C16H24N2O. The molecule has 0 radical (unpaired) electrons. The lowest BCUT2D eigenvalue weighted by atomic mass is 10.1. The summed E-state index contributed by atoms with van der Waals surface area (Å²) in [5.41, 5.74) is 4.61. The Hall–Kier alpha value is -0.900. The molecule has 3 nitrogen and oxygen atoms in total. The summed E-state index contributed by atoms with van der Waals surface area (Å²) >= 11 is 0. The second-order valence-electron chi connectivity index (χ2n) is 5.80. The number of hydrogen-bond donors (Lipinski definition) is 1. The number of fused-ring (bicyclic) bond motifs is 1. The largest absolute Gasteiger partial charge is 0.395 e. The van der Waals surface area contributed by atoms with Gasteiger partial charge in [-0.25, -0.2) is 0 Å². The van der Waals surface area contributed by atoms with Crippen LogP contribution in [0.1, 0.15) is 23.1 Å². The standard InChI is InChI=1S/C16H24N2O/c19-11-10-17-6-8-18(9-7-17)13-14-4-5-15-2-1-3-16(15)12-14/h4-5,12,19H,1-3,6-11,13H2. The van der Waals surface area contributed by atoms with Crippen LogP contribution >= 0.6 is 0 Å². The number of β-amino-alcohol motifs (C(OH)–C–C–N with tert-alkyl or cyclic N) is 1. The minimum Gasteiger partial charge on any atom is -0.395 e. The molecular weight excluding hydrogens is 236 g/mol. The summed E-state index contributed by atoms with van der Waals surface area (Å²) in [6.45, 7) is 6.61. The summed E-state index contributed by atoms with van der Waals surface area (Å²) < 4.78 is 0. The highest BCUT2D eigenvalue weighted by molar-refractivity contribution is 5.35. The maximum Gasteiger partial charge on any atom is 0.0558 e. The van der Waals surface area contributed by atoms with Gasteiger partial charge in [-0.15, -0.1) is 0 Å². The van der Waals surface area contributed by atoms with E-state index in [1.165, 1.54) is 24.8 Å². The van der Waals surface area contributed by atoms with Crippen LogP contribution in [0.2, 0.25) is 0 Å². The number of hydrogen-bond acceptors (Lipinski definition) is 3. The van der Waals surface area contributed by atoms with E-state index in [4.69, 9.17) is 5.11 Å². The first-order valence-electron chi connectivity index (χ1n) is 7.51. The molecule has 0 aromatic heterocycles. The van der Waals surface area contributed by atoms with E-state index in [1.54, 1.807) is 11.1 Å². The highest BCUT2D eigenvalue weighted by Gasteiger charge is 2.17. The molecule has 0 bridgehead atoms. The monoisotopic (exact) mass is 260 g/mol. The maximum absolute atomic E-state index is 8.95. The second-order valence-corrected chi connectivity index (χ2v) is 5.80. The highest BCUT2D eigenvalue weighted by Crippen LogP contribution is 2.23. The fraction of sp³-hybridized carbons (Fsp3) is 0.625. The SMILES string of the molecule is OCCN1CCN(Cc2ccc3c(c2)CCC3)CC1. The molecule has 0 saturated carbocycles. The molecule has 2 aliphatic rings. The van der Waals surface area contributed by atoms with Crippen LogP contribution in [0.25, 0.3) is 0 Å². The molecule has 1 fully saturated rings. The molecule has 0 unspecified atom stereocenters. The van der Waals surface area contributed by atoms with Crippen LogP contribution in [-0.4, -0.2) is 54.2 Å². The van der Waals surface area contributed by atoms with Gasteiger partial charge in [-0.05, 0) is 36.0 Å². The van der Waals surface area contributed by atoms with E-state index >= 15 is 0 Å². The van der Waals surface area contributed by atoms with Crippen molar-refractivity contribution in [2.24, 2.45) is 0 Å². The van der Waals surface area contributed by atoms with Crippen LogP contribution in [0.3, 0.4) is 0 Å². The molecule has 0 spiro atoms. The zero-order valence-corrected chi connectivity index (χ0v) is 11.6. The summed E-state index contributed by atoms with van der Waals surface area (Å²) in [4.78, 5) is 4.88. The molecule has 1 N–H and O–H groups in total. The number of rotatable bonds is 4. The van der Waals surface area contributed by atoms with Crippen molar-refractivity contribution in [2.75, 3.05) is 39.3 Å². The molecule has 19 heavy (non-hydrogen) atoms. The Kier molecular flexibility index (Phi) is 4.16. The van der Waals surface area contributed by atoms with Crippen molar-refractivity contribution < 1.29 is 5.11 Å². The van der Waals surface area contributed by atoms with Crippen LogP contribution in [-0.2, 0) is 19.4 Å². The lowest BCUT2D eigenvalue weighted by Gasteiger charge is -2.34. The van der Waals surface area contributed by atoms with Crippen LogP contribution in [0.5, 0.6) is 0 Å². The summed E-state index contributed by atoms with van der Waals surface area (Å²) in [7, 11) is 0. The van der Waals surface area contributed by atoms with Gasteiger partial charge in [-0.2, -0.15) is 0 Å². The molecule has 1 heterocycles. The lowest BCUT2D eigenvalue weighted by molar-refractivity contribution is 0.108. The molecule has 1 aromatic carbocycles. The average Bonchev–Trinajstić information content (AvgIpc) is 2.89. The smallest absolute Gasteiger partial charge is 0.0558 e. The number of aliphatic hydroxyl groups is 1. The third-order valence-electron chi connectivity index (χ3n) is 4.45. The Morgan fingerprint density at radius 2 is 1.68 bits per heavy atom. The van der Waals surface area contributed by atoms with E-state index < -0.39 is 0 Å². The number of aliphatic hydroxyl groups excluding tert-OH is 1. The summed E-state index contributed by atoms with van der Waals surface area (Å²) in [5, 5.41) is 8.95. The topological polar surface area (TPSA) is 26.7 Å². The van der Waals surface area contributed by atoms with Gasteiger partial charge in [0, 0.05) is 39.3 Å². The van der Waals surface area contributed by atoms with Gasteiger partial charge in [0.25, 0.3) is 0 Å². The molecule has 104 valence electrons. The molecule has 1 aliphatic carbocycles. The van der Waals surface area contributed by atoms with Gasteiger partial charge < -0.3 is 5.11 Å². The summed E-state index contributed by atoms with van der Waals surface area (Å²) in [6, 6.07) is 7.06. The van der Waals surface area contributed by atoms with Crippen molar-refractivity contribution in [3.63, 3.8) is 0 Å². The van der Waals surface area contributed by atoms with Crippen molar-refractivity contribution in [1.29, 1.82) is 0 Å². The van der Waals surface area contributed by atoms with Gasteiger partial charge in [0.05, 0.1) is 6.61 Å². The normalized spacial score (nSPS) is 20.7. The van der Waals surface area contributed by atoms with Gasteiger partial charge in [-0.3, -0.25) is 9.80 Å². The fourth-order valence-electron chi connectivity index (χ4n) is 3.29. The van der Waals surface area contributed by atoms with E-state index in [-0.39, 0.29) is 6.61 Å². The average molecular weight is 260 g/mol. The number of aryl methyl sites for hydroxylation is 2. The molecule has 1 saturated heterocycles. The Labute approximate surface area is 115 Å². The van der Waals surface area contributed by atoms with E-state index in [1.807, 2.05) is 0 Å². The zero-order valence-electron chi connectivity index (χ0n) is 11.6. The van der Waals surface area contributed by atoms with E-state index in [2.05, 4.69) is 28.0 Å². The molecule has 3 heteroatoms. The zero-order chi connectivity index (χ0) is 13.1. The molecule has 0 amide bonds. The number of benzene rings is 1. The predicted octanol–water partition coefficient (Wildman–Crippen LogP) is 1.29. The van der Waals surface area contributed by atoms with E-state index in [0.29, 0.717) is 0 Å². The molecule has 1 aliphatic heterocycles. The summed E-state index contributed by atoms with van der Waals surface area (Å²) in [6.07, 6.45) is 3.88. The lowest BCUT2D eigenvalue weighted by Crippen LogP contribution is -2.46. The third kappa shape index (κ3) is 3.16. The van der Waals surface area contributed by atoms with Gasteiger partial charge in [-0.1, -0.05) is 18.2 Å². The maximum atomic E-state index is 8.95. The van der Waals surface area contributed by atoms with Crippen LogP contribution < -0.4 is 0 Å². The Morgan fingerprint density at radius 1 is 0.947 bits per heavy atom. The molecule has 1 aromatic rings. The van der Waals surface area contributed by atoms with Gasteiger partial charge >= 0.3 is 0 Å². The molecule has 0 atom stereocenters. The number of piperazine rings is 1. The van der Waals surface area contributed by atoms with Crippen molar-refractivity contribution in [3.8, 4) is 0 Å². The van der Waals surface area contributed by atoms with Crippen molar-refractivity contribution in [2.45, 2.75) is 25.8 Å². The highest BCUT2D eigenvalue weighted by atomic mass is 16.3. The van der Waals surface area contributed by atoms with E-state index in [0.717, 1.165) is 39.3 Å². The van der Waals surface area contributed by atoms with Crippen LogP contribution in [0, 0.1) is 0 Å². The summed E-state index contributed by atoms with van der Waals surface area (Å²) in [5.74, 6) is 0. The predicted molar refractivity (Wildman–Crippen MR) is 77.3 cm³/mol. The Morgan fingerprint density at radius 3 is 2.47 bits per heavy atom. The Bertz CT molecular complexity index is 425. The number of nitrogens with zero attached hydrogens (tertiary/aromatic N) is 2. The second kappa shape index (κ2) is 6.04. The van der Waals surface area contributed by atoms with Crippen LogP contribution in [0.15, 0.2) is 18.2 Å². The van der Waals surface area contributed by atoms with Gasteiger partial charge in [0.2, 0.25) is 0 Å². The van der Waals surface area contributed by atoms with Crippen LogP contribution in [0.4, 0.5) is 0 Å². The fourth-order valence-corrected chi connectivity index (χ4v) is 3.29. The van der Waals surface area contributed by atoms with E-state index in [9.17, 15) is 0 Å². The first-order valence-corrected chi connectivity index (χ1v) is 7.51. The van der Waals surface area contributed by atoms with Crippen molar-refractivity contribution >= 4 is 0 Å². The molecule has 3 rings (SSSR count). The first-order chi connectivity index (χ1) is 9.35.